The van der Waals surface area contributed by atoms with Crippen molar-refractivity contribution in [2.24, 2.45) is 0 Å². The molecule has 0 unspecified atom stereocenters. The molecular weight excluding hydrogens is 348 g/mol. The molecule has 1 aromatic heterocycles. The van der Waals surface area contributed by atoms with Crippen LogP contribution in [-0.2, 0) is 11.3 Å². The van der Waals surface area contributed by atoms with Gasteiger partial charge >= 0.3 is 5.97 Å². The second-order valence-electron chi connectivity index (χ2n) is 6.54. The van der Waals surface area contributed by atoms with Crippen LogP contribution in [0.1, 0.15) is 21.5 Å². The largest absolute Gasteiger partial charge is 0.457 e. The number of hydrogen-bond acceptors (Lipinski definition) is 3. The number of ether oxygens (including phenoxy) is 1. The van der Waals surface area contributed by atoms with Gasteiger partial charge in [0, 0.05) is 11.8 Å². The van der Waals surface area contributed by atoms with E-state index in [4.69, 9.17) is 4.74 Å². The molecule has 4 nitrogen and oxygen atoms in total. The minimum absolute atomic E-state index is 0.232. The van der Waals surface area contributed by atoms with Crippen molar-refractivity contribution in [2.75, 3.05) is 0 Å². The van der Waals surface area contributed by atoms with Crippen molar-refractivity contribution in [2.45, 2.75) is 13.5 Å². The van der Waals surface area contributed by atoms with Gasteiger partial charge in [-0.1, -0.05) is 72.8 Å². The standard InChI is InChI=1S/C24H20N2O2/c1-18-10-8-9-13-20(18)17-28-24(27)22-16-26(21-14-6-3-7-15-21)25-23(22)19-11-4-2-5-12-19/h2-16H,17H2,1H3. The Morgan fingerprint density at radius 2 is 1.54 bits per heavy atom. The number of nitrogens with zero attached hydrogens (tertiary/aromatic N) is 2. The summed E-state index contributed by atoms with van der Waals surface area (Å²) >= 11 is 0. The van der Waals surface area contributed by atoms with Crippen LogP contribution < -0.4 is 0 Å². The van der Waals surface area contributed by atoms with Crippen molar-refractivity contribution in [1.29, 1.82) is 0 Å². The predicted molar refractivity (Wildman–Crippen MR) is 109 cm³/mol. The Labute approximate surface area is 164 Å². The number of rotatable bonds is 5. The lowest BCUT2D eigenvalue weighted by Gasteiger charge is -2.07. The molecule has 0 aliphatic rings. The van der Waals surface area contributed by atoms with Crippen LogP contribution in [0, 0.1) is 6.92 Å². The molecule has 0 saturated heterocycles. The van der Waals surface area contributed by atoms with Crippen LogP contribution in [0.25, 0.3) is 16.9 Å². The van der Waals surface area contributed by atoms with Crippen LogP contribution in [0.3, 0.4) is 0 Å². The van der Waals surface area contributed by atoms with Crippen molar-refractivity contribution in [1.82, 2.24) is 9.78 Å². The summed E-state index contributed by atoms with van der Waals surface area (Å²) < 4.78 is 7.33. The van der Waals surface area contributed by atoms with E-state index >= 15 is 0 Å². The Balaban J connectivity index is 1.67. The van der Waals surface area contributed by atoms with Gasteiger partial charge in [0.15, 0.2) is 0 Å². The van der Waals surface area contributed by atoms with E-state index in [-0.39, 0.29) is 12.6 Å². The third kappa shape index (κ3) is 3.71. The maximum atomic E-state index is 12.9. The number of carbonyl (C=O) groups is 1. The maximum absolute atomic E-state index is 12.9. The van der Waals surface area contributed by atoms with Gasteiger partial charge in [-0.2, -0.15) is 5.10 Å². The van der Waals surface area contributed by atoms with Crippen molar-refractivity contribution in [3.63, 3.8) is 0 Å². The molecule has 138 valence electrons. The van der Waals surface area contributed by atoms with E-state index in [0.29, 0.717) is 11.3 Å². The molecule has 0 atom stereocenters. The van der Waals surface area contributed by atoms with Crippen LogP contribution in [-0.4, -0.2) is 15.7 Å². The zero-order valence-corrected chi connectivity index (χ0v) is 15.6. The highest BCUT2D eigenvalue weighted by molar-refractivity contribution is 5.96. The lowest BCUT2D eigenvalue weighted by Crippen LogP contribution is -2.06. The third-order valence-corrected chi connectivity index (χ3v) is 4.62. The summed E-state index contributed by atoms with van der Waals surface area (Å²) in [6.07, 6.45) is 1.73. The van der Waals surface area contributed by atoms with Crippen molar-refractivity contribution < 1.29 is 9.53 Å². The van der Waals surface area contributed by atoms with Crippen LogP contribution >= 0.6 is 0 Å². The molecule has 0 aliphatic heterocycles. The molecule has 0 N–H and O–H groups in total. The number of benzene rings is 3. The van der Waals surface area contributed by atoms with Gasteiger partial charge in [0.05, 0.1) is 5.69 Å². The Hall–Kier alpha value is -3.66. The Kier molecular flexibility index (Phi) is 5.02. The first-order chi connectivity index (χ1) is 13.7. The normalized spacial score (nSPS) is 10.6. The molecular formula is C24H20N2O2. The highest BCUT2D eigenvalue weighted by Crippen LogP contribution is 2.24. The zero-order valence-electron chi connectivity index (χ0n) is 15.6. The van der Waals surface area contributed by atoms with E-state index in [1.807, 2.05) is 91.9 Å². The van der Waals surface area contributed by atoms with E-state index in [1.54, 1.807) is 10.9 Å². The van der Waals surface area contributed by atoms with Gasteiger partial charge in [-0.15, -0.1) is 0 Å². The molecule has 1 heterocycles. The fourth-order valence-corrected chi connectivity index (χ4v) is 3.04. The molecule has 0 bridgehead atoms. The molecule has 0 radical (unpaired) electrons. The van der Waals surface area contributed by atoms with Crippen LogP contribution in [0.5, 0.6) is 0 Å². The summed E-state index contributed by atoms with van der Waals surface area (Å²) in [5, 5.41) is 4.66. The van der Waals surface area contributed by atoms with Gasteiger partial charge in [-0.3, -0.25) is 0 Å². The highest BCUT2D eigenvalue weighted by atomic mass is 16.5. The summed E-state index contributed by atoms with van der Waals surface area (Å²) in [5.74, 6) is -0.385. The number of hydrogen-bond donors (Lipinski definition) is 0. The Morgan fingerprint density at radius 1 is 0.893 bits per heavy atom. The van der Waals surface area contributed by atoms with Crippen LogP contribution in [0.15, 0.2) is 91.1 Å². The number of aryl methyl sites for hydroxylation is 1. The number of para-hydroxylation sites is 1. The molecule has 4 heteroatoms. The van der Waals surface area contributed by atoms with Gasteiger partial charge in [-0.05, 0) is 30.2 Å². The maximum Gasteiger partial charge on any atom is 0.342 e. The first kappa shape index (κ1) is 17.7. The average Bonchev–Trinajstić information content (AvgIpc) is 3.20. The summed E-state index contributed by atoms with van der Waals surface area (Å²) in [5.41, 5.74) is 4.91. The fraction of sp³-hybridized carbons (Fsp3) is 0.0833. The Morgan fingerprint density at radius 3 is 2.25 bits per heavy atom. The van der Waals surface area contributed by atoms with E-state index in [2.05, 4.69) is 5.10 Å². The van der Waals surface area contributed by atoms with Crippen molar-refractivity contribution in [3.05, 3.63) is 108 Å². The molecule has 0 spiro atoms. The van der Waals surface area contributed by atoms with E-state index in [0.717, 1.165) is 22.4 Å². The molecule has 0 aliphatic carbocycles. The molecule has 28 heavy (non-hydrogen) atoms. The molecule has 0 fully saturated rings. The number of aromatic nitrogens is 2. The van der Waals surface area contributed by atoms with Gasteiger partial charge in [0.2, 0.25) is 0 Å². The molecule has 4 aromatic rings. The van der Waals surface area contributed by atoms with Gasteiger partial charge < -0.3 is 4.74 Å². The molecule has 0 saturated carbocycles. The quantitative estimate of drug-likeness (QED) is 0.455. The van der Waals surface area contributed by atoms with Crippen LogP contribution in [0.2, 0.25) is 0 Å². The lowest BCUT2D eigenvalue weighted by molar-refractivity contribution is 0.0473. The summed E-state index contributed by atoms with van der Waals surface area (Å²) in [4.78, 5) is 12.9. The average molecular weight is 368 g/mol. The van der Waals surface area contributed by atoms with Gasteiger partial charge in [0.1, 0.15) is 17.9 Å². The van der Waals surface area contributed by atoms with Gasteiger partial charge in [0.25, 0.3) is 0 Å². The van der Waals surface area contributed by atoms with E-state index < -0.39 is 0 Å². The minimum atomic E-state index is -0.385. The van der Waals surface area contributed by atoms with Gasteiger partial charge in [-0.25, -0.2) is 9.48 Å². The summed E-state index contributed by atoms with van der Waals surface area (Å²) in [6.45, 7) is 2.24. The lowest BCUT2D eigenvalue weighted by atomic mass is 10.1. The first-order valence-corrected chi connectivity index (χ1v) is 9.14. The Bertz CT molecular complexity index is 1090. The van der Waals surface area contributed by atoms with E-state index in [1.165, 1.54) is 0 Å². The fourth-order valence-electron chi connectivity index (χ4n) is 3.04. The minimum Gasteiger partial charge on any atom is -0.457 e. The first-order valence-electron chi connectivity index (χ1n) is 9.14. The van der Waals surface area contributed by atoms with Crippen LogP contribution in [0.4, 0.5) is 0 Å². The molecule has 4 rings (SSSR count). The number of carbonyl (C=O) groups excluding carboxylic acids is 1. The molecule has 3 aromatic carbocycles. The summed E-state index contributed by atoms with van der Waals surface area (Å²) in [7, 11) is 0. The molecule has 0 amide bonds. The highest BCUT2D eigenvalue weighted by Gasteiger charge is 2.20. The summed E-state index contributed by atoms with van der Waals surface area (Å²) in [6, 6.07) is 27.3. The van der Waals surface area contributed by atoms with E-state index in [9.17, 15) is 4.79 Å². The van der Waals surface area contributed by atoms with Crippen molar-refractivity contribution in [3.8, 4) is 16.9 Å². The second kappa shape index (κ2) is 7.92. The number of esters is 1. The monoisotopic (exact) mass is 368 g/mol. The zero-order chi connectivity index (χ0) is 19.3. The SMILES string of the molecule is Cc1ccccc1COC(=O)c1cn(-c2ccccc2)nc1-c1ccccc1. The topological polar surface area (TPSA) is 44.1 Å². The predicted octanol–water partition coefficient (Wildman–Crippen LogP) is 5.20. The smallest absolute Gasteiger partial charge is 0.342 e. The third-order valence-electron chi connectivity index (χ3n) is 4.62. The van der Waals surface area contributed by atoms with Crippen molar-refractivity contribution >= 4 is 5.97 Å². The second-order valence-corrected chi connectivity index (χ2v) is 6.54.